The van der Waals surface area contributed by atoms with E-state index in [2.05, 4.69) is 10.3 Å². The van der Waals surface area contributed by atoms with Crippen molar-refractivity contribution in [3.05, 3.63) is 24.4 Å². The van der Waals surface area contributed by atoms with E-state index < -0.39 is 10.8 Å². The summed E-state index contributed by atoms with van der Waals surface area (Å²) in [5.41, 5.74) is 0. The van der Waals surface area contributed by atoms with Crippen molar-refractivity contribution in [1.82, 2.24) is 10.3 Å². The topological polar surface area (TPSA) is 42.0 Å². The van der Waals surface area contributed by atoms with Crippen LogP contribution in [0, 0.1) is 0 Å². The van der Waals surface area contributed by atoms with Crippen LogP contribution in [0.25, 0.3) is 0 Å². The second-order valence-corrected chi connectivity index (χ2v) is 5.11. The van der Waals surface area contributed by atoms with Crippen molar-refractivity contribution in [2.24, 2.45) is 0 Å². The van der Waals surface area contributed by atoms with Crippen molar-refractivity contribution < 1.29 is 4.21 Å². The minimum atomic E-state index is -0.943. The Morgan fingerprint density at radius 1 is 1.50 bits per heavy atom. The fourth-order valence-corrected chi connectivity index (χ4v) is 3.01. The third-order valence-corrected chi connectivity index (χ3v) is 4.06. The number of pyridine rings is 1. The zero-order valence-corrected chi connectivity index (χ0v) is 8.80. The van der Waals surface area contributed by atoms with Crippen LogP contribution in [-0.4, -0.2) is 27.5 Å². The summed E-state index contributed by atoms with van der Waals surface area (Å²) in [6.07, 6.45) is 3.85. The number of piperidine rings is 1. The molecule has 3 nitrogen and oxygen atoms in total. The van der Waals surface area contributed by atoms with Gasteiger partial charge in [-0.1, -0.05) is 6.07 Å². The molecule has 2 heterocycles. The fourth-order valence-electron chi connectivity index (χ4n) is 1.64. The summed E-state index contributed by atoms with van der Waals surface area (Å²) in [7, 11) is -0.943. The van der Waals surface area contributed by atoms with Crippen LogP contribution in [0.1, 0.15) is 12.8 Å². The highest BCUT2D eigenvalue weighted by molar-refractivity contribution is 7.85. The van der Waals surface area contributed by atoms with E-state index in [1.54, 1.807) is 6.20 Å². The summed E-state index contributed by atoms with van der Waals surface area (Å²) < 4.78 is 12.0. The van der Waals surface area contributed by atoms with Gasteiger partial charge >= 0.3 is 0 Å². The molecule has 76 valence electrons. The molecule has 4 heteroatoms. The summed E-state index contributed by atoms with van der Waals surface area (Å²) in [6.45, 7) is 1.90. The van der Waals surface area contributed by atoms with E-state index in [4.69, 9.17) is 0 Å². The van der Waals surface area contributed by atoms with Gasteiger partial charge in [-0.15, -0.1) is 0 Å². The lowest BCUT2D eigenvalue weighted by atomic mass is 10.2. The van der Waals surface area contributed by atoms with Crippen molar-refractivity contribution in [3.8, 4) is 0 Å². The molecule has 0 radical (unpaired) electrons. The van der Waals surface area contributed by atoms with E-state index in [0.717, 1.165) is 25.9 Å². The summed E-state index contributed by atoms with van der Waals surface area (Å²) >= 11 is 0. The van der Waals surface area contributed by atoms with Gasteiger partial charge in [0.05, 0.1) is 16.0 Å². The van der Waals surface area contributed by atoms with Gasteiger partial charge in [0.15, 0.2) is 0 Å². The highest BCUT2D eigenvalue weighted by Crippen LogP contribution is 2.14. The molecule has 0 amide bonds. The average Bonchev–Trinajstić information content (AvgIpc) is 2.30. The van der Waals surface area contributed by atoms with E-state index in [9.17, 15) is 4.21 Å². The Labute approximate surface area is 86.4 Å². The number of rotatable bonds is 2. The van der Waals surface area contributed by atoms with Gasteiger partial charge in [0.2, 0.25) is 0 Å². The van der Waals surface area contributed by atoms with Crippen molar-refractivity contribution >= 4 is 10.8 Å². The zero-order chi connectivity index (χ0) is 9.80. The Bertz CT molecular complexity index is 309. The van der Waals surface area contributed by atoms with E-state index in [-0.39, 0.29) is 5.25 Å². The van der Waals surface area contributed by atoms with Gasteiger partial charge in [-0.05, 0) is 31.5 Å². The average molecular weight is 210 g/mol. The van der Waals surface area contributed by atoms with Crippen LogP contribution in [0.5, 0.6) is 0 Å². The number of nitrogens with zero attached hydrogens (tertiary/aromatic N) is 1. The SMILES string of the molecule is O=[S@@](c1ccccn1)[C@H]1CCCNC1. The zero-order valence-electron chi connectivity index (χ0n) is 7.98. The molecule has 0 unspecified atom stereocenters. The maximum atomic E-state index is 12.0. The van der Waals surface area contributed by atoms with Gasteiger partial charge in [-0.2, -0.15) is 0 Å². The largest absolute Gasteiger partial charge is 0.316 e. The van der Waals surface area contributed by atoms with Gasteiger partial charge in [-0.3, -0.25) is 4.21 Å². The maximum absolute atomic E-state index is 12.0. The smallest absolute Gasteiger partial charge is 0.127 e. The molecule has 0 bridgehead atoms. The molecule has 0 saturated carbocycles. The van der Waals surface area contributed by atoms with Crippen molar-refractivity contribution in [3.63, 3.8) is 0 Å². The van der Waals surface area contributed by atoms with Crippen molar-refractivity contribution in [1.29, 1.82) is 0 Å². The lowest BCUT2D eigenvalue weighted by molar-refractivity contribution is 0.519. The van der Waals surface area contributed by atoms with E-state index >= 15 is 0 Å². The second-order valence-electron chi connectivity index (χ2n) is 3.43. The first-order chi connectivity index (χ1) is 6.88. The third-order valence-electron chi connectivity index (χ3n) is 2.40. The second kappa shape index (κ2) is 4.66. The van der Waals surface area contributed by atoms with E-state index in [1.807, 2.05) is 18.2 Å². The highest BCUT2D eigenvalue weighted by Gasteiger charge is 2.21. The molecular weight excluding hydrogens is 196 g/mol. The molecule has 1 aliphatic rings. The standard InChI is InChI=1S/C10H14N2OS/c13-14(9-4-3-6-11-8-9)10-5-1-2-7-12-10/h1-2,5,7,9,11H,3-4,6,8H2/t9-,14+/m0/s1. The van der Waals surface area contributed by atoms with Crippen molar-refractivity contribution in [2.75, 3.05) is 13.1 Å². The molecule has 1 aliphatic heterocycles. The molecule has 1 aromatic heterocycles. The number of hydrogen-bond acceptors (Lipinski definition) is 3. The Morgan fingerprint density at radius 2 is 2.43 bits per heavy atom. The molecule has 0 spiro atoms. The minimum absolute atomic E-state index is 0.235. The van der Waals surface area contributed by atoms with Crippen LogP contribution in [0.4, 0.5) is 0 Å². The number of nitrogens with one attached hydrogen (secondary N) is 1. The quantitative estimate of drug-likeness (QED) is 0.790. The monoisotopic (exact) mass is 210 g/mol. The Hall–Kier alpha value is -0.740. The summed E-state index contributed by atoms with van der Waals surface area (Å²) in [6, 6.07) is 5.57. The maximum Gasteiger partial charge on any atom is 0.127 e. The van der Waals surface area contributed by atoms with Gasteiger partial charge < -0.3 is 5.32 Å². The van der Waals surface area contributed by atoms with Crippen LogP contribution in [0.2, 0.25) is 0 Å². The summed E-state index contributed by atoms with van der Waals surface area (Å²) in [4.78, 5) is 4.13. The predicted molar refractivity (Wildman–Crippen MR) is 56.5 cm³/mol. The first-order valence-corrected chi connectivity index (χ1v) is 6.11. The van der Waals surface area contributed by atoms with Gasteiger partial charge in [0, 0.05) is 12.7 Å². The van der Waals surface area contributed by atoms with Crippen molar-refractivity contribution in [2.45, 2.75) is 23.1 Å². The molecule has 1 aromatic rings. The molecule has 2 atom stereocenters. The van der Waals surface area contributed by atoms with Gasteiger partial charge in [0.1, 0.15) is 5.03 Å². The minimum Gasteiger partial charge on any atom is -0.316 e. The number of hydrogen-bond donors (Lipinski definition) is 1. The molecule has 1 fully saturated rings. The highest BCUT2D eigenvalue weighted by atomic mass is 32.2. The molecule has 1 N–H and O–H groups in total. The normalized spacial score (nSPS) is 24.4. The van der Waals surface area contributed by atoms with Crippen LogP contribution < -0.4 is 5.32 Å². The first kappa shape index (κ1) is 9.80. The van der Waals surface area contributed by atoms with Crippen LogP contribution in [0.15, 0.2) is 29.4 Å². The van der Waals surface area contributed by atoms with E-state index in [0.29, 0.717) is 5.03 Å². The van der Waals surface area contributed by atoms with Crippen LogP contribution in [0.3, 0.4) is 0 Å². The summed E-state index contributed by atoms with van der Waals surface area (Å²) in [5, 5.41) is 4.21. The van der Waals surface area contributed by atoms with Crippen LogP contribution in [-0.2, 0) is 10.8 Å². The number of aromatic nitrogens is 1. The Balaban J connectivity index is 2.07. The fraction of sp³-hybridized carbons (Fsp3) is 0.500. The lowest BCUT2D eigenvalue weighted by Gasteiger charge is -2.21. The molecule has 0 aromatic carbocycles. The first-order valence-electron chi connectivity index (χ1n) is 4.90. The van der Waals surface area contributed by atoms with Gasteiger partial charge in [-0.25, -0.2) is 4.98 Å². The Kier molecular flexibility index (Phi) is 3.26. The van der Waals surface area contributed by atoms with Crippen LogP contribution >= 0.6 is 0 Å². The molecular formula is C10H14N2OS. The third kappa shape index (κ3) is 2.19. The van der Waals surface area contributed by atoms with E-state index in [1.165, 1.54) is 0 Å². The molecule has 14 heavy (non-hydrogen) atoms. The Morgan fingerprint density at radius 3 is 3.07 bits per heavy atom. The molecule has 1 saturated heterocycles. The molecule has 2 rings (SSSR count). The lowest BCUT2D eigenvalue weighted by Crippen LogP contribution is -2.36. The summed E-state index contributed by atoms with van der Waals surface area (Å²) in [5.74, 6) is 0. The van der Waals surface area contributed by atoms with Gasteiger partial charge in [0.25, 0.3) is 0 Å². The predicted octanol–water partition coefficient (Wildman–Crippen LogP) is 0.941. The molecule has 0 aliphatic carbocycles.